The van der Waals surface area contributed by atoms with Crippen LogP contribution in [0.4, 0.5) is 0 Å². The van der Waals surface area contributed by atoms with Crippen LogP contribution in [0, 0.1) is 12.8 Å². The van der Waals surface area contributed by atoms with Crippen LogP contribution in [0.15, 0.2) is 34.2 Å². The van der Waals surface area contributed by atoms with E-state index in [2.05, 4.69) is 42.5 Å². The maximum Gasteiger partial charge on any atom is 0.0986 e. The van der Waals surface area contributed by atoms with Crippen molar-refractivity contribution in [2.24, 2.45) is 13.0 Å². The summed E-state index contributed by atoms with van der Waals surface area (Å²) in [5.74, 6) is 0.645. The van der Waals surface area contributed by atoms with Crippen molar-refractivity contribution in [1.82, 2.24) is 15.1 Å². The zero-order valence-electron chi connectivity index (χ0n) is 13.0. The quantitative estimate of drug-likeness (QED) is 0.860. The summed E-state index contributed by atoms with van der Waals surface area (Å²) < 4.78 is 1.89. The highest BCUT2D eigenvalue weighted by Crippen LogP contribution is 2.31. The third kappa shape index (κ3) is 4.77. The monoisotopic (exact) mass is 323 g/mol. The predicted molar refractivity (Wildman–Crippen MR) is 90.1 cm³/mol. The summed E-state index contributed by atoms with van der Waals surface area (Å²) >= 11 is 8.06. The van der Waals surface area contributed by atoms with Crippen molar-refractivity contribution in [1.29, 1.82) is 0 Å². The van der Waals surface area contributed by atoms with E-state index in [0.29, 0.717) is 5.92 Å². The molecule has 0 aliphatic carbocycles. The lowest BCUT2D eigenvalue weighted by Crippen LogP contribution is -2.19. The number of hydrogen-bond acceptors (Lipinski definition) is 3. The van der Waals surface area contributed by atoms with Crippen molar-refractivity contribution in [3.05, 3.63) is 40.5 Å². The molecule has 1 aromatic carbocycles. The summed E-state index contributed by atoms with van der Waals surface area (Å²) in [6.45, 7) is 8.21. The number of benzene rings is 1. The van der Waals surface area contributed by atoms with Gasteiger partial charge in [-0.3, -0.25) is 4.68 Å². The molecule has 0 aliphatic heterocycles. The highest BCUT2D eigenvalue weighted by molar-refractivity contribution is 7.99. The lowest BCUT2D eigenvalue weighted by atomic mass is 10.2. The largest absolute Gasteiger partial charge is 0.312 e. The van der Waals surface area contributed by atoms with Gasteiger partial charge in [0, 0.05) is 23.5 Å². The van der Waals surface area contributed by atoms with E-state index in [9.17, 15) is 0 Å². The summed E-state index contributed by atoms with van der Waals surface area (Å²) in [5.41, 5.74) is 2.17. The molecule has 0 aliphatic rings. The average Bonchev–Trinajstić information content (AvgIpc) is 2.70. The van der Waals surface area contributed by atoms with E-state index in [4.69, 9.17) is 11.6 Å². The van der Waals surface area contributed by atoms with E-state index in [1.807, 2.05) is 24.7 Å². The first-order chi connectivity index (χ1) is 9.95. The van der Waals surface area contributed by atoms with Crippen LogP contribution in [0.2, 0.25) is 5.02 Å². The summed E-state index contributed by atoms with van der Waals surface area (Å²) in [4.78, 5) is 1.13. The molecule has 0 spiro atoms. The SMILES string of the molecule is Cc1cc(Sc2ccc(CNCC(C)C)c(Cl)c2)n(C)n1. The molecule has 0 radical (unpaired) electrons. The molecule has 0 atom stereocenters. The van der Waals surface area contributed by atoms with E-state index in [0.717, 1.165) is 39.3 Å². The van der Waals surface area contributed by atoms with Gasteiger partial charge in [-0.1, -0.05) is 43.3 Å². The fourth-order valence-electron chi connectivity index (χ4n) is 2.03. The van der Waals surface area contributed by atoms with Gasteiger partial charge in [-0.2, -0.15) is 5.10 Å². The maximum absolute atomic E-state index is 6.38. The van der Waals surface area contributed by atoms with Crippen LogP contribution in [-0.4, -0.2) is 16.3 Å². The zero-order chi connectivity index (χ0) is 15.4. The first-order valence-electron chi connectivity index (χ1n) is 7.13. The van der Waals surface area contributed by atoms with Gasteiger partial charge < -0.3 is 5.32 Å². The van der Waals surface area contributed by atoms with Gasteiger partial charge in [0.25, 0.3) is 0 Å². The van der Waals surface area contributed by atoms with Crippen molar-refractivity contribution in [3.63, 3.8) is 0 Å². The number of aromatic nitrogens is 2. The molecule has 0 saturated heterocycles. The van der Waals surface area contributed by atoms with Gasteiger partial charge in [0.15, 0.2) is 0 Å². The fourth-order valence-corrected chi connectivity index (χ4v) is 3.30. The van der Waals surface area contributed by atoms with Gasteiger partial charge in [0.1, 0.15) is 0 Å². The minimum atomic E-state index is 0.645. The van der Waals surface area contributed by atoms with Gasteiger partial charge in [0.2, 0.25) is 0 Å². The Morgan fingerprint density at radius 1 is 1.33 bits per heavy atom. The van der Waals surface area contributed by atoms with E-state index >= 15 is 0 Å². The molecule has 2 aromatic rings. The smallest absolute Gasteiger partial charge is 0.0986 e. The van der Waals surface area contributed by atoms with Crippen LogP contribution >= 0.6 is 23.4 Å². The van der Waals surface area contributed by atoms with Gasteiger partial charge in [-0.25, -0.2) is 0 Å². The third-order valence-electron chi connectivity index (χ3n) is 3.07. The second-order valence-electron chi connectivity index (χ2n) is 5.63. The molecule has 1 aromatic heterocycles. The van der Waals surface area contributed by atoms with E-state index < -0.39 is 0 Å². The Bertz CT molecular complexity index is 608. The number of hydrogen-bond donors (Lipinski definition) is 1. The van der Waals surface area contributed by atoms with Crippen molar-refractivity contribution in [2.45, 2.75) is 37.2 Å². The van der Waals surface area contributed by atoms with Crippen LogP contribution in [0.5, 0.6) is 0 Å². The summed E-state index contributed by atoms with van der Waals surface area (Å²) in [6.07, 6.45) is 0. The molecule has 114 valence electrons. The first kappa shape index (κ1) is 16.4. The van der Waals surface area contributed by atoms with E-state index in [1.165, 1.54) is 0 Å². The van der Waals surface area contributed by atoms with Crippen LogP contribution < -0.4 is 5.32 Å². The maximum atomic E-state index is 6.38. The Labute approximate surface area is 136 Å². The Morgan fingerprint density at radius 2 is 2.10 bits per heavy atom. The molecule has 5 heteroatoms. The minimum absolute atomic E-state index is 0.645. The second kappa shape index (κ2) is 7.34. The number of rotatable bonds is 6. The number of aryl methyl sites for hydroxylation is 2. The molecule has 3 nitrogen and oxygen atoms in total. The normalized spacial score (nSPS) is 11.3. The van der Waals surface area contributed by atoms with Crippen LogP contribution in [0.3, 0.4) is 0 Å². The van der Waals surface area contributed by atoms with Gasteiger partial charge >= 0.3 is 0 Å². The third-order valence-corrected chi connectivity index (χ3v) is 4.51. The Hall–Kier alpha value is -0.970. The lowest BCUT2D eigenvalue weighted by Gasteiger charge is -2.10. The van der Waals surface area contributed by atoms with Crippen LogP contribution in [0.25, 0.3) is 0 Å². The van der Waals surface area contributed by atoms with Crippen LogP contribution in [-0.2, 0) is 13.6 Å². The molecular formula is C16H22ClN3S. The Balaban J connectivity index is 2.03. The minimum Gasteiger partial charge on any atom is -0.312 e. The van der Waals surface area contributed by atoms with Crippen molar-refractivity contribution < 1.29 is 0 Å². The molecule has 0 unspecified atom stereocenters. The van der Waals surface area contributed by atoms with Gasteiger partial charge in [-0.15, -0.1) is 0 Å². The average molecular weight is 324 g/mol. The number of halogens is 1. The summed E-state index contributed by atoms with van der Waals surface area (Å²) in [6, 6.07) is 8.32. The molecule has 0 saturated carbocycles. The standard InChI is InChI=1S/C16H22ClN3S/c1-11(2)9-18-10-13-5-6-14(8-15(13)17)21-16-7-12(3)19-20(16)4/h5-8,11,18H,9-10H2,1-4H3. The van der Waals surface area contributed by atoms with E-state index in [1.54, 1.807) is 11.8 Å². The number of nitrogens with zero attached hydrogens (tertiary/aromatic N) is 2. The van der Waals surface area contributed by atoms with Crippen molar-refractivity contribution in [3.8, 4) is 0 Å². The highest BCUT2D eigenvalue weighted by Gasteiger charge is 2.07. The molecule has 21 heavy (non-hydrogen) atoms. The van der Waals surface area contributed by atoms with E-state index in [-0.39, 0.29) is 0 Å². The lowest BCUT2D eigenvalue weighted by molar-refractivity contribution is 0.552. The predicted octanol–water partition coefficient (Wildman–Crippen LogP) is 4.28. The zero-order valence-corrected chi connectivity index (χ0v) is 14.6. The Kier molecular flexibility index (Phi) is 5.73. The highest BCUT2D eigenvalue weighted by atomic mass is 35.5. The molecular weight excluding hydrogens is 302 g/mol. The fraction of sp³-hybridized carbons (Fsp3) is 0.438. The van der Waals surface area contributed by atoms with Crippen molar-refractivity contribution in [2.75, 3.05) is 6.54 Å². The second-order valence-corrected chi connectivity index (χ2v) is 7.13. The Morgan fingerprint density at radius 3 is 2.67 bits per heavy atom. The van der Waals surface area contributed by atoms with Crippen molar-refractivity contribution >= 4 is 23.4 Å². The molecule has 0 bridgehead atoms. The van der Waals surface area contributed by atoms with Crippen LogP contribution in [0.1, 0.15) is 25.1 Å². The molecule has 1 N–H and O–H groups in total. The molecule has 0 fully saturated rings. The number of nitrogens with one attached hydrogen (secondary N) is 1. The molecule has 2 rings (SSSR count). The summed E-state index contributed by atoms with van der Waals surface area (Å²) in [5, 5.41) is 9.71. The van der Waals surface area contributed by atoms with Gasteiger partial charge in [0.05, 0.1) is 10.7 Å². The summed E-state index contributed by atoms with van der Waals surface area (Å²) in [7, 11) is 1.96. The topological polar surface area (TPSA) is 29.9 Å². The van der Waals surface area contributed by atoms with Gasteiger partial charge in [-0.05, 0) is 43.1 Å². The molecule has 1 heterocycles. The first-order valence-corrected chi connectivity index (χ1v) is 8.33. The molecule has 0 amide bonds.